The molecular weight excluding hydrogens is 397 g/mol. The highest BCUT2D eigenvalue weighted by Crippen LogP contribution is 2.35. The van der Waals surface area contributed by atoms with Crippen LogP contribution in [0.2, 0.25) is 0 Å². The second kappa shape index (κ2) is 8.09. The summed E-state index contributed by atoms with van der Waals surface area (Å²) in [7, 11) is -0.978. The van der Waals surface area contributed by atoms with Crippen LogP contribution in [0.5, 0.6) is 0 Å². The van der Waals surface area contributed by atoms with Gasteiger partial charge in [-0.2, -0.15) is 13.2 Å². The molecule has 0 bridgehead atoms. The van der Waals surface area contributed by atoms with Crippen molar-refractivity contribution in [3.05, 3.63) is 53.6 Å². The highest BCUT2D eigenvalue weighted by Gasteiger charge is 2.31. The predicted molar refractivity (Wildman–Crippen MR) is 99.0 cm³/mol. The summed E-state index contributed by atoms with van der Waals surface area (Å²) in [6, 6.07) is 8.31. The smallest absolute Gasteiger partial charge is 0.416 e. The number of nitrogens with zero attached hydrogens (tertiary/aromatic N) is 1. The van der Waals surface area contributed by atoms with E-state index >= 15 is 0 Å². The van der Waals surface area contributed by atoms with Crippen molar-refractivity contribution in [1.29, 1.82) is 0 Å². The van der Waals surface area contributed by atoms with Gasteiger partial charge in [0.05, 0.1) is 21.8 Å². The summed E-state index contributed by atoms with van der Waals surface area (Å²) in [6.07, 6.45) is -4.47. The first-order valence-corrected chi connectivity index (χ1v) is 9.60. The van der Waals surface area contributed by atoms with Crippen molar-refractivity contribution in [2.45, 2.75) is 23.9 Å². The zero-order valence-electron chi connectivity index (χ0n) is 15.1. The van der Waals surface area contributed by atoms with Gasteiger partial charge in [-0.15, -0.1) is 0 Å². The first-order chi connectivity index (χ1) is 12.9. The highest BCUT2D eigenvalue weighted by molar-refractivity contribution is 7.92. The van der Waals surface area contributed by atoms with E-state index in [2.05, 4.69) is 4.72 Å². The van der Waals surface area contributed by atoms with Gasteiger partial charge in [0, 0.05) is 20.5 Å². The van der Waals surface area contributed by atoms with E-state index < -0.39 is 27.7 Å². The average molecular weight is 416 g/mol. The van der Waals surface area contributed by atoms with Crippen LogP contribution >= 0.6 is 0 Å². The lowest BCUT2D eigenvalue weighted by Crippen LogP contribution is -2.18. The van der Waals surface area contributed by atoms with Crippen LogP contribution in [-0.4, -0.2) is 33.6 Å². The van der Waals surface area contributed by atoms with E-state index in [1.165, 1.54) is 35.2 Å². The molecule has 28 heavy (non-hydrogen) atoms. The van der Waals surface area contributed by atoms with E-state index in [4.69, 9.17) is 5.11 Å². The van der Waals surface area contributed by atoms with Crippen LogP contribution in [0.1, 0.15) is 17.5 Å². The van der Waals surface area contributed by atoms with Gasteiger partial charge in [-0.3, -0.25) is 9.52 Å². The van der Waals surface area contributed by atoms with Gasteiger partial charge in [0.15, 0.2) is 0 Å². The molecule has 2 N–H and O–H groups in total. The molecule has 0 aliphatic rings. The minimum absolute atomic E-state index is 0.0965. The van der Waals surface area contributed by atoms with E-state index in [1.807, 2.05) is 0 Å². The molecule has 0 radical (unpaired) electrons. The zero-order chi connectivity index (χ0) is 21.1. The number of carboxylic acids is 1. The number of hydrogen-bond acceptors (Lipinski definition) is 4. The second-order valence-corrected chi connectivity index (χ2v) is 7.95. The number of benzene rings is 2. The third-order valence-electron chi connectivity index (χ3n) is 3.91. The number of alkyl halides is 3. The van der Waals surface area contributed by atoms with Crippen LogP contribution in [0, 0.1) is 0 Å². The van der Waals surface area contributed by atoms with Crippen LogP contribution in [0.25, 0.3) is 0 Å². The molecule has 152 valence electrons. The number of nitrogens with one attached hydrogen (secondary N) is 1. The zero-order valence-corrected chi connectivity index (χ0v) is 15.9. The van der Waals surface area contributed by atoms with Crippen LogP contribution in [0.15, 0.2) is 47.4 Å². The fourth-order valence-corrected chi connectivity index (χ4v) is 3.54. The molecule has 2 aromatic rings. The van der Waals surface area contributed by atoms with Gasteiger partial charge in [-0.1, -0.05) is 12.1 Å². The Labute approximate surface area is 160 Å². The fourth-order valence-electron chi connectivity index (χ4n) is 2.47. The number of anilines is 2. The Balaban J connectivity index is 2.33. The Kier molecular flexibility index (Phi) is 6.23. The molecule has 0 saturated heterocycles. The van der Waals surface area contributed by atoms with Crippen molar-refractivity contribution >= 4 is 27.4 Å². The van der Waals surface area contributed by atoms with Gasteiger partial charge >= 0.3 is 12.1 Å². The molecule has 10 heteroatoms. The fraction of sp³-hybridized carbons (Fsp3) is 0.278. The highest BCUT2D eigenvalue weighted by atomic mass is 32.2. The van der Waals surface area contributed by atoms with Crippen LogP contribution in [0.3, 0.4) is 0 Å². The number of carbonyl (C=O) groups is 1. The summed E-state index contributed by atoms with van der Waals surface area (Å²) in [5.74, 6) is -0.973. The standard InChI is InChI=1S/C18H19F3N2O4S/c1-23(2)16-9-6-13(18(19,20)21)11-15(16)22-28(26,27)14-7-3-12(4-8-14)5-10-17(24)25/h3-4,6-9,11,22H,5,10H2,1-2H3,(H,24,25). The third kappa shape index (κ3) is 5.38. The summed E-state index contributed by atoms with van der Waals surface area (Å²) in [5.41, 5.74) is -0.265. The molecule has 0 unspecified atom stereocenters. The largest absolute Gasteiger partial charge is 0.481 e. The minimum atomic E-state index is -4.61. The minimum Gasteiger partial charge on any atom is -0.481 e. The molecule has 0 heterocycles. The molecule has 0 fully saturated rings. The van der Waals surface area contributed by atoms with Gasteiger partial charge in [0.2, 0.25) is 0 Å². The number of aryl methyl sites for hydroxylation is 1. The van der Waals surface area contributed by atoms with Crippen LogP contribution in [-0.2, 0) is 27.4 Å². The molecule has 6 nitrogen and oxygen atoms in total. The van der Waals surface area contributed by atoms with Crippen molar-refractivity contribution in [2.75, 3.05) is 23.7 Å². The number of hydrogen-bond donors (Lipinski definition) is 2. The lowest BCUT2D eigenvalue weighted by Gasteiger charge is -2.20. The molecule has 0 saturated carbocycles. The number of sulfonamides is 1. The van der Waals surface area contributed by atoms with E-state index in [-0.39, 0.29) is 29.1 Å². The molecule has 2 aromatic carbocycles. The molecule has 0 aliphatic carbocycles. The van der Waals surface area contributed by atoms with Gasteiger partial charge in [0.1, 0.15) is 0 Å². The lowest BCUT2D eigenvalue weighted by atomic mass is 10.1. The molecule has 0 aromatic heterocycles. The van der Waals surface area contributed by atoms with E-state index in [0.717, 1.165) is 12.1 Å². The molecule has 0 spiro atoms. The van der Waals surface area contributed by atoms with E-state index in [0.29, 0.717) is 5.56 Å². The Bertz CT molecular complexity index is 956. The SMILES string of the molecule is CN(C)c1ccc(C(F)(F)F)cc1NS(=O)(=O)c1ccc(CCC(=O)O)cc1. The van der Waals surface area contributed by atoms with Crippen molar-refractivity contribution in [3.8, 4) is 0 Å². The summed E-state index contributed by atoms with van der Waals surface area (Å²) in [6.45, 7) is 0. The number of halogens is 3. The Hall–Kier alpha value is -2.75. The Morgan fingerprint density at radius 3 is 2.21 bits per heavy atom. The van der Waals surface area contributed by atoms with E-state index in [1.54, 1.807) is 14.1 Å². The van der Waals surface area contributed by atoms with Crippen molar-refractivity contribution in [2.24, 2.45) is 0 Å². The molecule has 0 amide bonds. The topological polar surface area (TPSA) is 86.7 Å². The lowest BCUT2D eigenvalue weighted by molar-refractivity contribution is -0.138. The van der Waals surface area contributed by atoms with Crippen LogP contribution < -0.4 is 9.62 Å². The number of aliphatic carboxylic acids is 1. The average Bonchev–Trinajstić information content (AvgIpc) is 2.59. The van der Waals surface area contributed by atoms with Crippen LogP contribution in [0.4, 0.5) is 24.5 Å². The van der Waals surface area contributed by atoms with Crippen molar-refractivity contribution < 1.29 is 31.5 Å². The van der Waals surface area contributed by atoms with Gasteiger partial charge in [-0.25, -0.2) is 8.42 Å². The number of carboxylic acid groups (broad SMARTS) is 1. The summed E-state index contributed by atoms with van der Waals surface area (Å²) >= 11 is 0. The maximum absolute atomic E-state index is 13.0. The molecule has 2 rings (SSSR count). The van der Waals surface area contributed by atoms with Gasteiger partial charge in [0.25, 0.3) is 10.0 Å². The summed E-state index contributed by atoms with van der Waals surface area (Å²) < 4.78 is 66.4. The quantitative estimate of drug-likeness (QED) is 0.720. The van der Waals surface area contributed by atoms with Gasteiger partial charge in [-0.05, 0) is 42.3 Å². The summed E-state index contributed by atoms with van der Waals surface area (Å²) in [5, 5.41) is 8.68. The molecule has 0 atom stereocenters. The third-order valence-corrected chi connectivity index (χ3v) is 5.29. The normalized spacial score (nSPS) is 11.9. The summed E-state index contributed by atoms with van der Waals surface area (Å²) in [4.78, 5) is 11.9. The first-order valence-electron chi connectivity index (χ1n) is 8.12. The second-order valence-electron chi connectivity index (χ2n) is 6.27. The molecular formula is C18H19F3N2O4S. The Morgan fingerprint density at radius 1 is 1.11 bits per heavy atom. The maximum Gasteiger partial charge on any atom is 0.416 e. The first kappa shape index (κ1) is 21.5. The van der Waals surface area contributed by atoms with E-state index in [9.17, 15) is 26.4 Å². The predicted octanol–water partition coefficient (Wildman–Crippen LogP) is 3.59. The number of rotatable bonds is 7. The van der Waals surface area contributed by atoms with Gasteiger partial charge < -0.3 is 10.0 Å². The monoisotopic (exact) mass is 416 g/mol. The van der Waals surface area contributed by atoms with Crippen molar-refractivity contribution in [1.82, 2.24) is 0 Å². The Morgan fingerprint density at radius 2 is 1.71 bits per heavy atom. The molecule has 0 aliphatic heterocycles. The maximum atomic E-state index is 13.0. The van der Waals surface area contributed by atoms with Crippen molar-refractivity contribution in [3.63, 3.8) is 0 Å².